The predicted molar refractivity (Wildman–Crippen MR) is 86.2 cm³/mol. The van der Waals surface area contributed by atoms with Gasteiger partial charge in [0, 0.05) is 39.2 Å². The van der Waals surface area contributed by atoms with Gasteiger partial charge in [0.05, 0.1) is 12.3 Å². The molecule has 1 heterocycles. The molecule has 1 aromatic heterocycles. The Morgan fingerprint density at radius 2 is 2.00 bits per heavy atom. The topological polar surface area (TPSA) is 68.2 Å². The number of carbonyl (C=O) groups excluding carboxylic acids is 1. The molecule has 0 fully saturated rings. The number of aryl methyl sites for hydroxylation is 1. The van der Waals surface area contributed by atoms with Crippen LogP contribution in [0.2, 0.25) is 0 Å². The Morgan fingerprint density at radius 3 is 2.52 bits per heavy atom. The highest BCUT2D eigenvalue weighted by Gasteiger charge is 2.21. The second kappa shape index (κ2) is 9.02. The number of carbonyl (C=O) groups is 1. The van der Waals surface area contributed by atoms with E-state index in [1.54, 1.807) is 18.8 Å². The number of hydrogen-bond acceptors (Lipinski definition) is 4. The van der Waals surface area contributed by atoms with E-state index in [-0.39, 0.29) is 23.7 Å². The van der Waals surface area contributed by atoms with Gasteiger partial charge in [-0.05, 0) is 6.07 Å². The molecule has 0 aliphatic rings. The van der Waals surface area contributed by atoms with Gasteiger partial charge in [0.2, 0.25) is 0 Å². The summed E-state index contributed by atoms with van der Waals surface area (Å²) < 4.78 is 6.56. The van der Waals surface area contributed by atoms with E-state index in [1.165, 1.54) is 0 Å². The summed E-state index contributed by atoms with van der Waals surface area (Å²) >= 11 is 0. The zero-order valence-corrected chi connectivity index (χ0v) is 14.3. The van der Waals surface area contributed by atoms with E-state index < -0.39 is 0 Å². The van der Waals surface area contributed by atoms with Crippen LogP contribution in [0.25, 0.3) is 0 Å². The van der Waals surface area contributed by atoms with Crippen molar-refractivity contribution in [2.75, 3.05) is 33.4 Å². The van der Waals surface area contributed by atoms with Crippen molar-refractivity contribution in [2.45, 2.75) is 26.2 Å². The van der Waals surface area contributed by atoms with Crippen LogP contribution in [0, 0.1) is 0 Å². The van der Waals surface area contributed by atoms with Crippen LogP contribution in [0.4, 0.5) is 0 Å². The molecule has 1 amide bonds. The van der Waals surface area contributed by atoms with Crippen LogP contribution in [0.15, 0.2) is 6.07 Å². The molecule has 21 heavy (non-hydrogen) atoms. The molecule has 0 aromatic carbocycles. The van der Waals surface area contributed by atoms with Crippen LogP contribution in [-0.2, 0) is 17.2 Å². The lowest BCUT2D eigenvalue weighted by atomic mass is 9.92. The summed E-state index contributed by atoms with van der Waals surface area (Å²) in [4.78, 5) is 12.1. The Kier molecular flexibility index (Phi) is 8.54. The molecule has 2 N–H and O–H groups in total. The monoisotopic (exact) mass is 318 g/mol. The van der Waals surface area contributed by atoms with Crippen molar-refractivity contribution in [3.63, 3.8) is 0 Å². The van der Waals surface area contributed by atoms with Crippen LogP contribution in [-0.4, -0.2) is 49.0 Å². The Bertz CT molecular complexity index is 441. The fourth-order valence-electron chi connectivity index (χ4n) is 1.70. The van der Waals surface area contributed by atoms with Crippen LogP contribution in [0.1, 0.15) is 37.0 Å². The van der Waals surface area contributed by atoms with Gasteiger partial charge in [0.25, 0.3) is 5.91 Å². The van der Waals surface area contributed by atoms with E-state index >= 15 is 0 Å². The summed E-state index contributed by atoms with van der Waals surface area (Å²) in [5.41, 5.74) is 1.45. The number of halogens is 1. The molecule has 0 radical (unpaired) electrons. The molecular formula is C14H27ClN4O2. The number of rotatable bonds is 7. The fourth-order valence-corrected chi connectivity index (χ4v) is 1.70. The molecule has 1 aromatic rings. The second-order valence-electron chi connectivity index (χ2n) is 5.79. The zero-order chi connectivity index (χ0) is 15.2. The average molecular weight is 319 g/mol. The molecule has 0 unspecified atom stereocenters. The lowest BCUT2D eigenvalue weighted by molar-refractivity contribution is 0.0944. The predicted octanol–water partition coefficient (Wildman–Crippen LogP) is 1.11. The lowest BCUT2D eigenvalue weighted by Crippen LogP contribution is -2.33. The maximum atomic E-state index is 12.1. The van der Waals surface area contributed by atoms with Crippen molar-refractivity contribution in [3.05, 3.63) is 17.5 Å². The quantitative estimate of drug-likeness (QED) is 0.739. The van der Waals surface area contributed by atoms with Crippen molar-refractivity contribution in [3.8, 4) is 0 Å². The molecule has 0 aliphatic carbocycles. The van der Waals surface area contributed by atoms with E-state index in [1.807, 2.05) is 6.07 Å². The first-order chi connectivity index (χ1) is 9.36. The third-order valence-corrected chi connectivity index (χ3v) is 2.95. The first-order valence-electron chi connectivity index (χ1n) is 6.88. The van der Waals surface area contributed by atoms with Crippen LogP contribution < -0.4 is 10.6 Å². The molecule has 122 valence electrons. The maximum absolute atomic E-state index is 12.1. The van der Waals surface area contributed by atoms with Gasteiger partial charge < -0.3 is 15.4 Å². The summed E-state index contributed by atoms with van der Waals surface area (Å²) in [6.45, 7) is 9.00. The standard InChI is InChI=1S/C14H26N4O2.ClH/c1-14(2,3)12-10-11(18(4)17-12)13(19)16-7-6-15-8-9-20-5;/h10,15H,6-9H2,1-5H3,(H,16,19);1H. The summed E-state index contributed by atoms with van der Waals surface area (Å²) in [6.07, 6.45) is 0. The van der Waals surface area contributed by atoms with Gasteiger partial charge in [-0.15, -0.1) is 12.4 Å². The molecule has 0 spiro atoms. The molecule has 0 aliphatic heterocycles. The number of nitrogens with one attached hydrogen (secondary N) is 2. The van der Waals surface area contributed by atoms with Gasteiger partial charge in [-0.25, -0.2) is 0 Å². The number of amides is 1. The minimum atomic E-state index is -0.0935. The van der Waals surface area contributed by atoms with Crippen molar-refractivity contribution >= 4 is 18.3 Å². The first-order valence-corrected chi connectivity index (χ1v) is 6.88. The van der Waals surface area contributed by atoms with E-state index in [2.05, 4.69) is 36.5 Å². The smallest absolute Gasteiger partial charge is 0.269 e. The first kappa shape index (κ1) is 19.9. The number of aromatic nitrogens is 2. The van der Waals surface area contributed by atoms with Crippen LogP contribution in [0.3, 0.4) is 0 Å². The molecule has 6 nitrogen and oxygen atoms in total. The Labute approximate surface area is 133 Å². The highest BCUT2D eigenvalue weighted by atomic mass is 35.5. The van der Waals surface area contributed by atoms with Gasteiger partial charge in [-0.1, -0.05) is 20.8 Å². The number of nitrogens with zero attached hydrogens (tertiary/aromatic N) is 2. The molecular weight excluding hydrogens is 292 g/mol. The average Bonchev–Trinajstić information content (AvgIpc) is 2.75. The van der Waals surface area contributed by atoms with Gasteiger partial charge in [0.1, 0.15) is 5.69 Å². The molecule has 0 saturated carbocycles. The van der Waals surface area contributed by atoms with E-state index in [0.717, 1.165) is 18.8 Å². The summed E-state index contributed by atoms with van der Waals surface area (Å²) in [7, 11) is 3.46. The Hall–Kier alpha value is -1.11. The number of hydrogen-bond donors (Lipinski definition) is 2. The molecule has 7 heteroatoms. The van der Waals surface area contributed by atoms with Crippen LogP contribution >= 0.6 is 12.4 Å². The van der Waals surface area contributed by atoms with Crippen molar-refractivity contribution in [1.82, 2.24) is 20.4 Å². The van der Waals surface area contributed by atoms with Crippen LogP contribution in [0.5, 0.6) is 0 Å². The summed E-state index contributed by atoms with van der Waals surface area (Å²) in [6, 6.07) is 1.85. The Morgan fingerprint density at radius 1 is 1.33 bits per heavy atom. The molecule has 0 saturated heterocycles. The molecule has 0 atom stereocenters. The number of methoxy groups -OCH3 is 1. The van der Waals surface area contributed by atoms with Gasteiger partial charge in [-0.2, -0.15) is 5.10 Å². The third kappa shape index (κ3) is 6.46. The van der Waals surface area contributed by atoms with Crippen molar-refractivity contribution in [2.24, 2.45) is 7.05 Å². The highest BCUT2D eigenvalue weighted by Crippen LogP contribution is 2.21. The minimum absolute atomic E-state index is 0. The highest BCUT2D eigenvalue weighted by molar-refractivity contribution is 5.92. The van der Waals surface area contributed by atoms with Crippen molar-refractivity contribution in [1.29, 1.82) is 0 Å². The van der Waals surface area contributed by atoms with E-state index in [0.29, 0.717) is 18.8 Å². The summed E-state index contributed by atoms with van der Waals surface area (Å²) in [5.74, 6) is -0.0935. The van der Waals surface area contributed by atoms with Crippen molar-refractivity contribution < 1.29 is 9.53 Å². The van der Waals surface area contributed by atoms with Gasteiger partial charge in [-0.3, -0.25) is 9.48 Å². The summed E-state index contributed by atoms with van der Waals surface area (Å²) in [5, 5.41) is 10.4. The SMILES string of the molecule is COCCNCCNC(=O)c1cc(C(C)(C)C)nn1C.Cl. The Balaban J connectivity index is 0.00000400. The lowest BCUT2D eigenvalue weighted by Gasteiger charge is -2.13. The fraction of sp³-hybridized carbons (Fsp3) is 0.714. The minimum Gasteiger partial charge on any atom is -0.383 e. The zero-order valence-electron chi connectivity index (χ0n) is 13.5. The number of ether oxygens (including phenoxy) is 1. The third-order valence-electron chi connectivity index (χ3n) is 2.95. The van der Waals surface area contributed by atoms with E-state index in [4.69, 9.17) is 4.74 Å². The van der Waals surface area contributed by atoms with Gasteiger partial charge >= 0.3 is 0 Å². The maximum Gasteiger partial charge on any atom is 0.269 e. The molecule has 1 rings (SSSR count). The van der Waals surface area contributed by atoms with E-state index in [9.17, 15) is 4.79 Å². The molecule has 0 bridgehead atoms. The normalized spacial score (nSPS) is 11.1. The van der Waals surface area contributed by atoms with Gasteiger partial charge in [0.15, 0.2) is 0 Å². The second-order valence-corrected chi connectivity index (χ2v) is 5.79. The largest absolute Gasteiger partial charge is 0.383 e.